The Morgan fingerprint density at radius 2 is 1.09 bits per heavy atom. The van der Waals surface area contributed by atoms with E-state index in [2.05, 4.69) is 57.1 Å². The van der Waals surface area contributed by atoms with Gasteiger partial charge < -0.3 is 9.64 Å². The van der Waals surface area contributed by atoms with Crippen LogP contribution in [0.5, 0.6) is 0 Å². The van der Waals surface area contributed by atoms with Gasteiger partial charge in [0.15, 0.2) is 0 Å². The monoisotopic (exact) mass is 449 g/mol. The molecule has 32 heavy (non-hydrogen) atoms. The van der Waals surface area contributed by atoms with E-state index < -0.39 is 0 Å². The van der Waals surface area contributed by atoms with Crippen LogP contribution in [0.4, 0.5) is 0 Å². The minimum Gasteiger partial charge on any atom is -0.380 e. The van der Waals surface area contributed by atoms with Crippen LogP contribution in [-0.2, 0) is 4.74 Å². The molecule has 0 N–H and O–H groups in total. The fourth-order valence-electron chi connectivity index (χ4n) is 4.06. The Bertz CT molecular complexity index is 402. The molecule has 0 rings (SSSR count). The molecule has 0 saturated carbocycles. The summed E-state index contributed by atoms with van der Waals surface area (Å²) in [5.41, 5.74) is 0. The highest BCUT2D eigenvalue weighted by atomic mass is 16.5. The van der Waals surface area contributed by atoms with E-state index >= 15 is 0 Å². The third-order valence-electron chi connectivity index (χ3n) is 6.42. The average Bonchev–Trinajstić information content (AvgIpc) is 2.78. The average molecular weight is 450 g/mol. The zero-order valence-electron chi connectivity index (χ0n) is 22.6. The van der Waals surface area contributed by atoms with Crippen LogP contribution in [0.1, 0.15) is 136 Å². The van der Waals surface area contributed by atoms with E-state index in [1.807, 2.05) is 0 Å². The molecule has 0 radical (unpaired) electrons. The van der Waals surface area contributed by atoms with E-state index in [4.69, 9.17) is 4.74 Å². The molecule has 2 nitrogen and oxygen atoms in total. The van der Waals surface area contributed by atoms with Gasteiger partial charge in [0.1, 0.15) is 0 Å². The van der Waals surface area contributed by atoms with Crippen molar-refractivity contribution in [3.8, 4) is 0 Å². The third-order valence-corrected chi connectivity index (χ3v) is 6.42. The van der Waals surface area contributed by atoms with E-state index in [0.717, 1.165) is 19.6 Å². The summed E-state index contributed by atoms with van der Waals surface area (Å²) in [5, 5.41) is 0. The number of hydrogen-bond acceptors (Lipinski definition) is 2. The molecule has 0 fully saturated rings. The largest absolute Gasteiger partial charge is 0.380 e. The Balaban J connectivity index is 3.42. The number of ether oxygens (including phenoxy) is 1. The molecule has 1 atom stereocenters. The number of unbranched alkanes of at least 4 members (excludes halogenated alkanes) is 14. The molecule has 0 bridgehead atoms. The van der Waals surface area contributed by atoms with Crippen molar-refractivity contribution in [1.29, 1.82) is 0 Å². The number of likely N-dealkylation sites (N-methyl/N-ethyl adjacent to an activating group) is 1. The van der Waals surface area contributed by atoms with Crippen LogP contribution < -0.4 is 0 Å². The van der Waals surface area contributed by atoms with Crippen molar-refractivity contribution in [2.75, 3.05) is 27.3 Å². The van der Waals surface area contributed by atoms with E-state index in [1.165, 1.54) is 116 Å². The van der Waals surface area contributed by atoms with Gasteiger partial charge in [-0.15, -0.1) is 0 Å². The van der Waals surface area contributed by atoms with Crippen molar-refractivity contribution >= 4 is 0 Å². The van der Waals surface area contributed by atoms with Crippen molar-refractivity contribution in [3.63, 3.8) is 0 Å². The predicted octanol–water partition coefficient (Wildman–Crippen LogP) is 9.50. The van der Waals surface area contributed by atoms with E-state index in [0.29, 0.717) is 6.04 Å². The molecule has 0 amide bonds. The first-order valence-electron chi connectivity index (χ1n) is 14.3. The predicted molar refractivity (Wildman–Crippen MR) is 146 cm³/mol. The smallest absolute Gasteiger partial charge is 0.0621 e. The van der Waals surface area contributed by atoms with Crippen LogP contribution >= 0.6 is 0 Å². The second kappa shape index (κ2) is 26.7. The van der Waals surface area contributed by atoms with Gasteiger partial charge in [-0.2, -0.15) is 0 Å². The van der Waals surface area contributed by atoms with Gasteiger partial charge in [0.05, 0.1) is 6.61 Å². The lowest BCUT2D eigenvalue weighted by atomic mass is 10.1. The summed E-state index contributed by atoms with van der Waals surface area (Å²) < 4.78 is 6.02. The molecule has 0 aliphatic rings. The Morgan fingerprint density at radius 3 is 1.72 bits per heavy atom. The van der Waals surface area contributed by atoms with Gasteiger partial charge in [0.2, 0.25) is 0 Å². The fourth-order valence-corrected chi connectivity index (χ4v) is 4.06. The molecule has 2 heteroatoms. The molecule has 1 unspecified atom stereocenters. The normalized spacial score (nSPS) is 13.2. The molecule has 0 aromatic rings. The first kappa shape index (κ1) is 31.4. The fraction of sp³-hybridized carbons (Fsp3) is 0.867. The van der Waals surface area contributed by atoms with E-state index in [-0.39, 0.29) is 0 Å². The van der Waals surface area contributed by atoms with Gasteiger partial charge in [-0.25, -0.2) is 0 Å². The molecule has 0 aliphatic heterocycles. The van der Waals surface area contributed by atoms with Crippen molar-refractivity contribution in [2.24, 2.45) is 0 Å². The van der Waals surface area contributed by atoms with Crippen molar-refractivity contribution in [1.82, 2.24) is 4.90 Å². The highest BCUT2D eigenvalue weighted by molar-refractivity contribution is 4.92. The Morgan fingerprint density at radius 1 is 0.594 bits per heavy atom. The SMILES string of the molecule is CCCCC/C=C\C/C=C\CCCCCCCCOCC(CCCCCCCC)N(C)C. The quantitative estimate of drug-likeness (QED) is 0.102. The molecule has 0 aromatic heterocycles. The van der Waals surface area contributed by atoms with Crippen LogP contribution in [0, 0.1) is 0 Å². The lowest BCUT2D eigenvalue weighted by Gasteiger charge is -2.24. The minimum atomic E-state index is 0.589. The van der Waals surface area contributed by atoms with Crippen molar-refractivity contribution in [3.05, 3.63) is 24.3 Å². The maximum atomic E-state index is 6.02. The van der Waals surface area contributed by atoms with E-state index in [1.54, 1.807) is 0 Å². The third kappa shape index (κ3) is 24.1. The molecule has 0 saturated heterocycles. The topological polar surface area (TPSA) is 12.5 Å². The second-order valence-corrected chi connectivity index (χ2v) is 9.83. The van der Waals surface area contributed by atoms with Crippen LogP contribution in [0.3, 0.4) is 0 Å². The first-order chi connectivity index (χ1) is 15.7. The molecule has 0 heterocycles. The Labute approximate surface area is 203 Å². The standard InChI is InChI=1S/C30H59NO/c1-5-7-9-11-13-14-15-16-17-18-19-20-21-22-24-26-28-32-29-30(31(3)4)27-25-23-12-10-8-6-2/h13-14,16-17,30H,5-12,15,18-29H2,1-4H3/b14-13-,17-16-. The van der Waals surface area contributed by atoms with Gasteiger partial charge in [0, 0.05) is 12.6 Å². The molecule has 0 spiro atoms. The van der Waals surface area contributed by atoms with Gasteiger partial charge >= 0.3 is 0 Å². The zero-order valence-corrected chi connectivity index (χ0v) is 22.6. The summed E-state index contributed by atoms with van der Waals surface area (Å²) in [7, 11) is 4.40. The van der Waals surface area contributed by atoms with Crippen LogP contribution in [0.15, 0.2) is 24.3 Å². The molecular formula is C30H59NO. The summed E-state index contributed by atoms with van der Waals surface area (Å²) in [6.45, 7) is 6.40. The van der Waals surface area contributed by atoms with E-state index in [9.17, 15) is 0 Å². The molecule has 190 valence electrons. The summed E-state index contributed by atoms with van der Waals surface area (Å²) >= 11 is 0. The van der Waals surface area contributed by atoms with Crippen LogP contribution in [0.2, 0.25) is 0 Å². The van der Waals surface area contributed by atoms with Crippen LogP contribution in [-0.4, -0.2) is 38.3 Å². The molecule has 0 aromatic carbocycles. The highest BCUT2D eigenvalue weighted by Gasteiger charge is 2.11. The van der Waals surface area contributed by atoms with Gasteiger partial charge in [-0.1, -0.05) is 115 Å². The number of hydrogen-bond donors (Lipinski definition) is 0. The lowest BCUT2D eigenvalue weighted by molar-refractivity contribution is 0.0721. The van der Waals surface area contributed by atoms with Gasteiger partial charge in [0.25, 0.3) is 0 Å². The van der Waals surface area contributed by atoms with Gasteiger partial charge in [-0.05, 0) is 59.0 Å². The lowest BCUT2D eigenvalue weighted by Crippen LogP contribution is -2.32. The van der Waals surface area contributed by atoms with Crippen LogP contribution in [0.25, 0.3) is 0 Å². The second-order valence-electron chi connectivity index (χ2n) is 9.83. The summed E-state index contributed by atoms with van der Waals surface area (Å²) in [6.07, 6.45) is 34.6. The highest BCUT2D eigenvalue weighted by Crippen LogP contribution is 2.12. The Kier molecular flexibility index (Phi) is 26.2. The number of nitrogens with zero attached hydrogens (tertiary/aromatic N) is 1. The summed E-state index contributed by atoms with van der Waals surface area (Å²) in [4.78, 5) is 2.35. The summed E-state index contributed by atoms with van der Waals surface area (Å²) in [6, 6.07) is 0.589. The Hall–Kier alpha value is -0.600. The maximum absolute atomic E-state index is 6.02. The molecular weight excluding hydrogens is 390 g/mol. The van der Waals surface area contributed by atoms with Crippen molar-refractivity contribution in [2.45, 2.75) is 142 Å². The van der Waals surface area contributed by atoms with Gasteiger partial charge in [-0.3, -0.25) is 0 Å². The first-order valence-corrected chi connectivity index (χ1v) is 14.3. The minimum absolute atomic E-state index is 0.589. The maximum Gasteiger partial charge on any atom is 0.0621 e. The molecule has 0 aliphatic carbocycles. The van der Waals surface area contributed by atoms with Crippen molar-refractivity contribution < 1.29 is 4.74 Å². The number of allylic oxidation sites excluding steroid dienone is 4. The number of rotatable bonds is 25. The summed E-state index contributed by atoms with van der Waals surface area (Å²) in [5.74, 6) is 0. The zero-order chi connectivity index (χ0) is 23.5.